The van der Waals surface area contributed by atoms with E-state index in [-0.39, 0.29) is 24.5 Å². The maximum absolute atomic E-state index is 11.5. The van der Waals surface area contributed by atoms with Gasteiger partial charge in [-0.15, -0.1) is 0 Å². The van der Waals surface area contributed by atoms with Crippen LogP contribution in [0.3, 0.4) is 0 Å². The Morgan fingerprint density at radius 3 is 2.77 bits per heavy atom. The fraction of sp³-hybridized carbons (Fsp3) is 0.889. The van der Waals surface area contributed by atoms with Crippen LogP contribution < -0.4 is 11.1 Å². The van der Waals surface area contributed by atoms with E-state index in [0.717, 1.165) is 25.7 Å². The quantitative estimate of drug-likeness (QED) is 0.562. The van der Waals surface area contributed by atoms with Crippen LogP contribution in [0.1, 0.15) is 25.7 Å². The van der Waals surface area contributed by atoms with Crippen molar-refractivity contribution in [1.29, 1.82) is 0 Å². The number of amides is 1. The molecule has 1 rings (SSSR count). The van der Waals surface area contributed by atoms with Gasteiger partial charge in [0.05, 0.1) is 12.5 Å². The zero-order valence-corrected chi connectivity index (χ0v) is 7.83. The third kappa shape index (κ3) is 2.97. The van der Waals surface area contributed by atoms with Crippen molar-refractivity contribution in [3.8, 4) is 0 Å². The molecule has 0 bridgehead atoms. The lowest BCUT2D eigenvalue weighted by atomic mass is 9.84. The molecule has 1 aliphatic rings. The molecule has 13 heavy (non-hydrogen) atoms. The molecule has 2 atom stereocenters. The van der Waals surface area contributed by atoms with Gasteiger partial charge in [0.1, 0.15) is 0 Å². The van der Waals surface area contributed by atoms with Gasteiger partial charge in [-0.3, -0.25) is 4.79 Å². The van der Waals surface area contributed by atoms with Crippen molar-refractivity contribution in [2.75, 3.05) is 13.2 Å². The Morgan fingerprint density at radius 1 is 1.46 bits per heavy atom. The van der Waals surface area contributed by atoms with E-state index in [1.54, 1.807) is 0 Å². The summed E-state index contributed by atoms with van der Waals surface area (Å²) in [5, 5.41) is 11.2. The van der Waals surface area contributed by atoms with Crippen LogP contribution in [0.4, 0.5) is 0 Å². The second-order valence-corrected chi connectivity index (χ2v) is 3.57. The van der Waals surface area contributed by atoms with Gasteiger partial charge < -0.3 is 16.2 Å². The van der Waals surface area contributed by atoms with Crippen molar-refractivity contribution in [2.24, 2.45) is 11.7 Å². The van der Waals surface area contributed by atoms with Gasteiger partial charge in [0.15, 0.2) is 0 Å². The van der Waals surface area contributed by atoms with Crippen LogP contribution >= 0.6 is 0 Å². The van der Waals surface area contributed by atoms with E-state index >= 15 is 0 Å². The molecule has 76 valence electrons. The molecule has 0 saturated heterocycles. The van der Waals surface area contributed by atoms with E-state index in [2.05, 4.69) is 5.32 Å². The van der Waals surface area contributed by atoms with E-state index in [4.69, 9.17) is 10.8 Å². The van der Waals surface area contributed by atoms with E-state index in [1.807, 2.05) is 0 Å². The zero-order valence-electron chi connectivity index (χ0n) is 7.83. The van der Waals surface area contributed by atoms with E-state index < -0.39 is 0 Å². The Labute approximate surface area is 78.5 Å². The average molecular weight is 186 g/mol. The van der Waals surface area contributed by atoms with Gasteiger partial charge in [0.2, 0.25) is 5.91 Å². The lowest BCUT2D eigenvalue weighted by Gasteiger charge is -2.27. The highest BCUT2D eigenvalue weighted by Gasteiger charge is 2.27. The topological polar surface area (TPSA) is 75.4 Å². The summed E-state index contributed by atoms with van der Waals surface area (Å²) in [6, 6.07) is 0.00689. The van der Waals surface area contributed by atoms with E-state index in [9.17, 15) is 4.79 Å². The maximum atomic E-state index is 11.5. The highest BCUT2D eigenvalue weighted by Crippen LogP contribution is 2.22. The number of rotatable bonds is 3. The molecular formula is C9H18N2O2. The molecule has 1 saturated carbocycles. The predicted octanol–water partition coefficient (Wildman–Crippen LogP) is -0.388. The van der Waals surface area contributed by atoms with Gasteiger partial charge in [0, 0.05) is 12.6 Å². The predicted molar refractivity (Wildman–Crippen MR) is 50.0 cm³/mol. The van der Waals surface area contributed by atoms with Crippen LogP contribution in [-0.2, 0) is 4.79 Å². The number of aliphatic hydroxyl groups is 1. The van der Waals surface area contributed by atoms with Crippen LogP contribution in [0, 0.1) is 5.92 Å². The number of aliphatic hydroxyl groups excluding tert-OH is 1. The summed E-state index contributed by atoms with van der Waals surface area (Å²) in [7, 11) is 0. The van der Waals surface area contributed by atoms with Gasteiger partial charge >= 0.3 is 0 Å². The number of hydrogen-bond acceptors (Lipinski definition) is 3. The molecule has 1 fully saturated rings. The van der Waals surface area contributed by atoms with Crippen molar-refractivity contribution < 1.29 is 9.90 Å². The molecule has 0 aromatic rings. The monoisotopic (exact) mass is 186 g/mol. The highest BCUT2D eigenvalue weighted by molar-refractivity contribution is 5.79. The second kappa shape index (κ2) is 5.19. The smallest absolute Gasteiger partial charge is 0.224 e. The second-order valence-electron chi connectivity index (χ2n) is 3.57. The molecule has 4 N–H and O–H groups in total. The normalized spacial score (nSPS) is 28.5. The fourth-order valence-electron chi connectivity index (χ4n) is 1.80. The van der Waals surface area contributed by atoms with E-state index in [0.29, 0.717) is 6.54 Å². The summed E-state index contributed by atoms with van der Waals surface area (Å²) in [5.41, 5.74) is 5.83. The largest absolute Gasteiger partial charge is 0.395 e. The molecule has 1 aliphatic carbocycles. The minimum Gasteiger partial charge on any atom is -0.395 e. The third-order valence-corrected chi connectivity index (χ3v) is 2.57. The van der Waals surface area contributed by atoms with Crippen molar-refractivity contribution in [3.05, 3.63) is 0 Å². The molecule has 0 radical (unpaired) electrons. The number of nitrogens with one attached hydrogen (secondary N) is 1. The number of hydrogen-bond donors (Lipinski definition) is 3. The standard InChI is InChI=1S/C9H18N2O2/c10-8-4-2-1-3-7(8)9(13)11-5-6-12/h7-8,12H,1-6,10H2,(H,11,13). The lowest BCUT2D eigenvalue weighted by molar-refractivity contribution is -0.126. The van der Waals surface area contributed by atoms with Crippen LogP contribution in [0.25, 0.3) is 0 Å². The lowest BCUT2D eigenvalue weighted by Crippen LogP contribution is -2.44. The summed E-state index contributed by atoms with van der Waals surface area (Å²) >= 11 is 0. The molecule has 0 aromatic carbocycles. The number of carbonyl (C=O) groups excluding carboxylic acids is 1. The first kappa shape index (κ1) is 10.5. The fourth-order valence-corrected chi connectivity index (χ4v) is 1.80. The Kier molecular flexibility index (Phi) is 4.18. The number of carbonyl (C=O) groups is 1. The van der Waals surface area contributed by atoms with Crippen LogP contribution in [0.15, 0.2) is 0 Å². The first-order valence-electron chi connectivity index (χ1n) is 4.90. The molecule has 2 unspecified atom stereocenters. The van der Waals surface area contributed by atoms with E-state index in [1.165, 1.54) is 0 Å². The van der Waals surface area contributed by atoms with Crippen LogP contribution in [0.5, 0.6) is 0 Å². The highest BCUT2D eigenvalue weighted by atomic mass is 16.3. The average Bonchev–Trinajstić information content (AvgIpc) is 2.15. The zero-order chi connectivity index (χ0) is 9.68. The molecule has 4 heteroatoms. The van der Waals surface area contributed by atoms with Gasteiger partial charge in [-0.2, -0.15) is 0 Å². The van der Waals surface area contributed by atoms with Crippen molar-refractivity contribution >= 4 is 5.91 Å². The molecule has 0 aromatic heterocycles. The minimum atomic E-state index is -0.0414. The van der Waals surface area contributed by atoms with Crippen LogP contribution in [-0.4, -0.2) is 30.2 Å². The summed E-state index contributed by atoms with van der Waals surface area (Å²) in [4.78, 5) is 11.5. The summed E-state index contributed by atoms with van der Waals surface area (Å²) in [6.07, 6.45) is 4.05. The van der Waals surface area contributed by atoms with Gasteiger partial charge in [-0.1, -0.05) is 12.8 Å². The van der Waals surface area contributed by atoms with Gasteiger partial charge in [-0.05, 0) is 12.8 Å². The molecule has 1 amide bonds. The first-order valence-corrected chi connectivity index (χ1v) is 4.90. The Morgan fingerprint density at radius 2 is 2.15 bits per heavy atom. The Balaban J connectivity index is 2.35. The summed E-state index contributed by atoms with van der Waals surface area (Å²) in [5.74, 6) is -0.0402. The summed E-state index contributed by atoms with van der Waals surface area (Å²) < 4.78 is 0. The molecule has 0 aliphatic heterocycles. The van der Waals surface area contributed by atoms with Crippen molar-refractivity contribution in [1.82, 2.24) is 5.32 Å². The third-order valence-electron chi connectivity index (χ3n) is 2.57. The Hall–Kier alpha value is -0.610. The first-order chi connectivity index (χ1) is 6.25. The SMILES string of the molecule is NC1CCCCC1C(=O)NCCO. The van der Waals surface area contributed by atoms with Crippen molar-refractivity contribution in [2.45, 2.75) is 31.7 Å². The molecule has 0 heterocycles. The van der Waals surface area contributed by atoms with Crippen LogP contribution in [0.2, 0.25) is 0 Å². The Bertz CT molecular complexity index is 173. The number of nitrogens with two attached hydrogens (primary N) is 1. The van der Waals surface area contributed by atoms with Crippen molar-refractivity contribution in [3.63, 3.8) is 0 Å². The molecule has 4 nitrogen and oxygen atoms in total. The molecular weight excluding hydrogens is 168 g/mol. The molecule has 0 spiro atoms. The maximum Gasteiger partial charge on any atom is 0.224 e. The van der Waals surface area contributed by atoms with Gasteiger partial charge in [-0.25, -0.2) is 0 Å². The van der Waals surface area contributed by atoms with Gasteiger partial charge in [0.25, 0.3) is 0 Å². The summed E-state index contributed by atoms with van der Waals surface area (Å²) in [6.45, 7) is 0.329. The minimum absolute atomic E-state index is 0.00116.